The van der Waals surface area contributed by atoms with Gasteiger partial charge >= 0.3 is 11.9 Å². The highest BCUT2D eigenvalue weighted by atomic mass is 16.4. The standard InChI is InChI=1S/C15H17NO4/c16-15(14(19)20)7-9(6-8-4-2-1-3-5-8)10-11(12(10)15)13(17)18/h1-5,9-12H,6-7,16H2,(H,17,18)(H,19,20). The molecule has 2 aliphatic carbocycles. The van der Waals surface area contributed by atoms with Gasteiger partial charge in [-0.1, -0.05) is 30.3 Å². The molecule has 2 fully saturated rings. The van der Waals surface area contributed by atoms with Gasteiger partial charge in [-0.15, -0.1) is 0 Å². The molecular formula is C15H17NO4. The minimum absolute atomic E-state index is 0.0320. The summed E-state index contributed by atoms with van der Waals surface area (Å²) in [7, 11) is 0. The molecule has 2 aliphatic rings. The molecule has 106 valence electrons. The molecule has 0 heterocycles. The summed E-state index contributed by atoms with van der Waals surface area (Å²) < 4.78 is 0. The first-order valence-electron chi connectivity index (χ1n) is 6.74. The molecule has 5 atom stereocenters. The van der Waals surface area contributed by atoms with Crippen LogP contribution in [0.1, 0.15) is 12.0 Å². The number of rotatable bonds is 4. The average molecular weight is 275 g/mol. The number of fused-ring (bicyclic) bond motifs is 1. The van der Waals surface area contributed by atoms with E-state index in [0.717, 1.165) is 5.56 Å². The molecule has 3 rings (SSSR count). The Hall–Kier alpha value is -1.88. The summed E-state index contributed by atoms with van der Waals surface area (Å²) in [6.07, 6.45) is 1.05. The maximum atomic E-state index is 11.4. The van der Waals surface area contributed by atoms with E-state index in [4.69, 9.17) is 5.73 Å². The predicted octanol–water partition coefficient (Wildman–Crippen LogP) is 0.978. The quantitative estimate of drug-likeness (QED) is 0.760. The van der Waals surface area contributed by atoms with Gasteiger partial charge in [-0.25, -0.2) is 0 Å². The first-order chi connectivity index (χ1) is 9.45. The summed E-state index contributed by atoms with van der Waals surface area (Å²) in [6, 6.07) is 9.73. The van der Waals surface area contributed by atoms with E-state index in [0.29, 0.717) is 12.8 Å². The van der Waals surface area contributed by atoms with E-state index in [9.17, 15) is 19.8 Å². The van der Waals surface area contributed by atoms with Crippen LogP contribution in [0.4, 0.5) is 0 Å². The molecule has 2 saturated carbocycles. The lowest BCUT2D eigenvalue weighted by Crippen LogP contribution is -2.50. The van der Waals surface area contributed by atoms with Crippen molar-refractivity contribution in [2.45, 2.75) is 18.4 Å². The van der Waals surface area contributed by atoms with Gasteiger partial charge in [0.1, 0.15) is 5.54 Å². The van der Waals surface area contributed by atoms with Crippen molar-refractivity contribution in [1.29, 1.82) is 0 Å². The lowest BCUT2D eigenvalue weighted by atomic mass is 9.85. The smallest absolute Gasteiger partial charge is 0.324 e. The molecule has 5 heteroatoms. The minimum Gasteiger partial charge on any atom is -0.481 e. The summed E-state index contributed by atoms with van der Waals surface area (Å²) in [5.74, 6) is -3.09. The predicted molar refractivity (Wildman–Crippen MR) is 70.9 cm³/mol. The molecule has 1 aromatic carbocycles. The zero-order valence-electron chi connectivity index (χ0n) is 10.9. The van der Waals surface area contributed by atoms with Gasteiger partial charge in [-0.05, 0) is 30.2 Å². The van der Waals surface area contributed by atoms with Crippen molar-refractivity contribution < 1.29 is 19.8 Å². The Morgan fingerprint density at radius 3 is 2.45 bits per heavy atom. The molecule has 5 nitrogen and oxygen atoms in total. The number of hydrogen-bond donors (Lipinski definition) is 3. The van der Waals surface area contributed by atoms with Crippen LogP contribution in [0.2, 0.25) is 0 Å². The van der Waals surface area contributed by atoms with Crippen molar-refractivity contribution in [3.05, 3.63) is 35.9 Å². The van der Waals surface area contributed by atoms with Crippen molar-refractivity contribution in [2.75, 3.05) is 0 Å². The second-order valence-electron chi connectivity index (χ2n) is 5.97. The molecule has 0 saturated heterocycles. The lowest BCUT2D eigenvalue weighted by molar-refractivity contribution is -0.145. The zero-order chi connectivity index (χ0) is 14.5. The van der Waals surface area contributed by atoms with Gasteiger partial charge in [-0.3, -0.25) is 9.59 Å². The summed E-state index contributed by atoms with van der Waals surface area (Å²) in [6.45, 7) is 0. The van der Waals surface area contributed by atoms with Crippen LogP contribution < -0.4 is 5.73 Å². The molecule has 0 amide bonds. The fourth-order valence-electron chi connectivity index (χ4n) is 3.96. The van der Waals surface area contributed by atoms with Crippen LogP contribution in [0, 0.1) is 23.7 Å². The van der Waals surface area contributed by atoms with Gasteiger partial charge in [0.15, 0.2) is 0 Å². The highest BCUT2D eigenvalue weighted by molar-refractivity contribution is 5.85. The van der Waals surface area contributed by atoms with E-state index < -0.39 is 29.3 Å². The third-order valence-electron chi connectivity index (χ3n) is 4.84. The van der Waals surface area contributed by atoms with E-state index in [1.54, 1.807) is 0 Å². The number of carboxylic acid groups (broad SMARTS) is 2. The Morgan fingerprint density at radius 1 is 1.25 bits per heavy atom. The number of benzene rings is 1. The zero-order valence-corrected chi connectivity index (χ0v) is 10.9. The molecule has 4 N–H and O–H groups in total. The monoisotopic (exact) mass is 275 g/mol. The molecule has 0 radical (unpaired) electrons. The van der Waals surface area contributed by atoms with Crippen molar-refractivity contribution in [1.82, 2.24) is 0 Å². The maximum absolute atomic E-state index is 11.4. The SMILES string of the molecule is NC1(C(=O)O)CC(Cc2ccccc2)C2C(C(=O)O)C21. The first-order valence-corrected chi connectivity index (χ1v) is 6.74. The largest absolute Gasteiger partial charge is 0.481 e. The summed E-state index contributed by atoms with van der Waals surface area (Å²) >= 11 is 0. The van der Waals surface area contributed by atoms with Crippen LogP contribution in [-0.2, 0) is 16.0 Å². The maximum Gasteiger partial charge on any atom is 0.324 e. The number of carboxylic acids is 2. The van der Waals surface area contributed by atoms with E-state index in [-0.39, 0.29) is 11.8 Å². The normalized spacial score (nSPS) is 38.2. The van der Waals surface area contributed by atoms with E-state index in [1.807, 2.05) is 30.3 Å². The average Bonchev–Trinajstić information content (AvgIpc) is 3.08. The third-order valence-corrected chi connectivity index (χ3v) is 4.84. The lowest BCUT2D eigenvalue weighted by Gasteiger charge is -2.24. The summed E-state index contributed by atoms with van der Waals surface area (Å²) in [4.78, 5) is 22.6. The molecule has 1 aromatic rings. The van der Waals surface area contributed by atoms with Crippen molar-refractivity contribution >= 4 is 11.9 Å². The third kappa shape index (κ3) is 1.81. The van der Waals surface area contributed by atoms with Crippen LogP contribution in [0.3, 0.4) is 0 Å². The highest BCUT2D eigenvalue weighted by Crippen LogP contribution is 2.64. The number of carbonyl (C=O) groups is 2. The number of nitrogens with two attached hydrogens (primary N) is 1. The Morgan fingerprint density at radius 2 is 1.90 bits per heavy atom. The Kier molecular flexibility index (Phi) is 2.83. The van der Waals surface area contributed by atoms with Crippen LogP contribution >= 0.6 is 0 Å². The van der Waals surface area contributed by atoms with E-state index in [1.165, 1.54) is 0 Å². The van der Waals surface area contributed by atoms with Crippen molar-refractivity contribution in [3.63, 3.8) is 0 Å². The highest BCUT2D eigenvalue weighted by Gasteiger charge is 2.73. The number of hydrogen-bond acceptors (Lipinski definition) is 3. The molecular weight excluding hydrogens is 258 g/mol. The van der Waals surface area contributed by atoms with Crippen LogP contribution in [0.5, 0.6) is 0 Å². The molecule has 0 bridgehead atoms. The van der Waals surface area contributed by atoms with Crippen LogP contribution in [0.15, 0.2) is 30.3 Å². The van der Waals surface area contributed by atoms with Gasteiger partial charge in [-0.2, -0.15) is 0 Å². The molecule has 0 spiro atoms. The number of aliphatic carboxylic acids is 2. The van der Waals surface area contributed by atoms with Gasteiger partial charge in [0, 0.05) is 5.92 Å². The van der Waals surface area contributed by atoms with Gasteiger partial charge < -0.3 is 15.9 Å². The van der Waals surface area contributed by atoms with E-state index >= 15 is 0 Å². The van der Waals surface area contributed by atoms with Crippen LogP contribution in [-0.4, -0.2) is 27.7 Å². The van der Waals surface area contributed by atoms with Gasteiger partial charge in [0.25, 0.3) is 0 Å². The molecule has 0 aliphatic heterocycles. The summed E-state index contributed by atoms with van der Waals surface area (Å²) in [5, 5.41) is 18.5. The second-order valence-corrected chi connectivity index (χ2v) is 5.97. The minimum atomic E-state index is -1.38. The molecule has 5 unspecified atom stereocenters. The van der Waals surface area contributed by atoms with E-state index in [2.05, 4.69) is 0 Å². The second kappa shape index (κ2) is 4.31. The Bertz CT molecular complexity index is 558. The topological polar surface area (TPSA) is 101 Å². The van der Waals surface area contributed by atoms with Gasteiger partial charge in [0.05, 0.1) is 5.92 Å². The molecule has 0 aromatic heterocycles. The molecule has 20 heavy (non-hydrogen) atoms. The van der Waals surface area contributed by atoms with Crippen molar-refractivity contribution in [3.8, 4) is 0 Å². The van der Waals surface area contributed by atoms with Crippen LogP contribution in [0.25, 0.3) is 0 Å². The summed E-state index contributed by atoms with van der Waals surface area (Å²) in [5.41, 5.74) is 5.71. The Labute approximate surface area is 116 Å². The van der Waals surface area contributed by atoms with Crippen molar-refractivity contribution in [2.24, 2.45) is 29.4 Å². The fourth-order valence-corrected chi connectivity index (χ4v) is 3.96. The first kappa shape index (κ1) is 13.1. The fraction of sp³-hybridized carbons (Fsp3) is 0.467. The Balaban J connectivity index is 1.83. The van der Waals surface area contributed by atoms with Gasteiger partial charge in [0.2, 0.25) is 0 Å².